The Bertz CT molecular complexity index is 196. The predicted octanol–water partition coefficient (Wildman–Crippen LogP) is 1.99. The van der Waals surface area contributed by atoms with Crippen LogP contribution in [0.3, 0.4) is 0 Å². The summed E-state index contributed by atoms with van der Waals surface area (Å²) >= 11 is 0. The zero-order chi connectivity index (χ0) is 8.69. The van der Waals surface area contributed by atoms with Crippen LogP contribution in [0, 0.1) is 0 Å². The third-order valence-electron chi connectivity index (χ3n) is 1.05. The van der Waals surface area contributed by atoms with Crippen LogP contribution >= 0.6 is 8.69 Å². The molecule has 0 aromatic heterocycles. The highest BCUT2D eigenvalue weighted by Crippen LogP contribution is 2.04. The van der Waals surface area contributed by atoms with Gasteiger partial charge in [0.1, 0.15) is 0 Å². The maximum absolute atomic E-state index is 10.7. The Balaban J connectivity index is 3.99. The smallest absolute Gasteiger partial charge is 0.241 e. The second-order valence-electron chi connectivity index (χ2n) is 1.88. The van der Waals surface area contributed by atoms with Crippen molar-refractivity contribution in [3.63, 3.8) is 0 Å². The van der Waals surface area contributed by atoms with Crippen molar-refractivity contribution in [3.05, 3.63) is 24.3 Å². The molecule has 0 bridgehead atoms. The lowest BCUT2D eigenvalue weighted by Crippen LogP contribution is -1.97. The van der Waals surface area contributed by atoms with Crippen LogP contribution in [0.5, 0.6) is 0 Å². The van der Waals surface area contributed by atoms with Gasteiger partial charge in [-0.1, -0.05) is 12.2 Å². The molecule has 0 saturated carbocycles. The standard InChI is InChI=1S/C7H10O3P/c1-3-4-5-6(2)7(8)10-11-9/h3,5,11H,1,4H2,2H3/q+1. The van der Waals surface area contributed by atoms with Crippen LogP contribution in [-0.4, -0.2) is 5.97 Å². The Morgan fingerprint density at radius 2 is 2.36 bits per heavy atom. The molecule has 0 aromatic carbocycles. The van der Waals surface area contributed by atoms with Crippen molar-refractivity contribution < 1.29 is 13.9 Å². The summed E-state index contributed by atoms with van der Waals surface area (Å²) in [6.07, 6.45) is 3.94. The molecule has 60 valence electrons. The summed E-state index contributed by atoms with van der Waals surface area (Å²) in [5.41, 5.74) is 0.452. The number of allylic oxidation sites excluding steroid dienone is 2. The van der Waals surface area contributed by atoms with Gasteiger partial charge in [0.25, 0.3) is 0 Å². The highest BCUT2D eigenvalue weighted by molar-refractivity contribution is 7.18. The SMILES string of the molecule is C=CCC=C(C)C(=O)O[PH+]=O. The van der Waals surface area contributed by atoms with E-state index in [2.05, 4.69) is 11.1 Å². The van der Waals surface area contributed by atoms with E-state index in [-0.39, 0.29) is 0 Å². The number of carbonyl (C=O) groups is 1. The fourth-order valence-corrected chi connectivity index (χ4v) is 0.698. The maximum atomic E-state index is 10.7. The van der Waals surface area contributed by atoms with E-state index in [1.807, 2.05) is 0 Å². The van der Waals surface area contributed by atoms with E-state index < -0.39 is 14.7 Å². The molecular weight excluding hydrogens is 163 g/mol. The zero-order valence-electron chi connectivity index (χ0n) is 6.29. The van der Waals surface area contributed by atoms with Crippen LogP contribution in [0.25, 0.3) is 0 Å². The lowest BCUT2D eigenvalue weighted by molar-refractivity contribution is -0.129. The van der Waals surface area contributed by atoms with Gasteiger partial charge in [0.05, 0.1) is 0 Å². The molecule has 3 nitrogen and oxygen atoms in total. The highest BCUT2D eigenvalue weighted by atomic mass is 31.1. The van der Waals surface area contributed by atoms with Gasteiger partial charge in [0, 0.05) is 5.57 Å². The van der Waals surface area contributed by atoms with E-state index >= 15 is 0 Å². The zero-order valence-corrected chi connectivity index (χ0v) is 7.29. The van der Waals surface area contributed by atoms with E-state index in [0.29, 0.717) is 12.0 Å². The Labute approximate surface area is 67.0 Å². The molecule has 1 atom stereocenters. The van der Waals surface area contributed by atoms with Gasteiger partial charge >= 0.3 is 14.7 Å². The molecule has 11 heavy (non-hydrogen) atoms. The van der Waals surface area contributed by atoms with Gasteiger partial charge in [-0.05, 0) is 17.9 Å². The van der Waals surface area contributed by atoms with Gasteiger partial charge in [-0.3, -0.25) is 0 Å². The second kappa shape index (κ2) is 5.81. The molecule has 0 heterocycles. The maximum Gasteiger partial charge on any atom is 0.545 e. The minimum atomic E-state index is -1.03. The Kier molecular flexibility index (Phi) is 5.30. The van der Waals surface area contributed by atoms with E-state index in [0.717, 1.165) is 0 Å². The Morgan fingerprint density at radius 3 is 2.82 bits per heavy atom. The average molecular weight is 173 g/mol. The summed E-state index contributed by atoms with van der Waals surface area (Å²) in [6, 6.07) is 0. The topological polar surface area (TPSA) is 43.4 Å². The first kappa shape index (κ1) is 10.0. The molecule has 0 radical (unpaired) electrons. The summed E-state index contributed by atoms with van der Waals surface area (Å²) in [7, 11) is -1.03. The molecular formula is C7H10O3P+. The number of rotatable bonds is 4. The molecule has 0 N–H and O–H groups in total. The number of carbonyl (C=O) groups excluding carboxylic acids is 1. The molecule has 0 aliphatic heterocycles. The fourth-order valence-electron chi connectivity index (χ4n) is 0.462. The monoisotopic (exact) mass is 173 g/mol. The molecule has 0 spiro atoms. The van der Waals surface area contributed by atoms with Crippen LogP contribution in [-0.2, 0) is 13.9 Å². The van der Waals surface area contributed by atoms with E-state index in [9.17, 15) is 9.36 Å². The largest absolute Gasteiger partial charge is 0.545 e. The molecule has 0 aliphatic rings. The Morgan fingerprint density at radius 1 is 1.73 bits per heavy atom. The molecule has 1 unspecified atom stereocenters. The lowest BCUT2D eigenvalue weighted by atomic mass is 10.2. The van der Waals surface area contributed by atoms with Crippen molar-refractivity contribution in [3.8, 4) is 0 Å². The normalized spacial score (nSPS) is 11.2. The summed E-state index contributed by atoms with van der Waals surface area (Å²) in [5.74, 6) is -0.541. The number of hydrogen-bond donors (Lipinski definition) is 0. The van der Waals surface area contributed by atoms with Crippen molar-refractivity contribution >= 4 is 14.7 Å². The molecule has 0 amide bonds. The van der Waals surface area contributed by atoms with Crippen LogP contribution in [0.1, 0.15) is 13.3 Å². The van der Waals surface area contributed by atoms with Crippen LogP contribution in [0.4, 0.5) is 0 Å². The molecule has 0 fully saturated rings. The van der Waals surface area contributed by atoms with Gasteiger partial charge in [0.15, 0.2) is 0 Å². The van der Waals surface area contributed by atoms with Gasteiger partial charge in [-0.15, -0.1) is 6.58 Å². The van der Waals surface area contributed by atoms with Gasteiger partial charge in [-0.2, -0.15) is 0 Å². The second-order valence-corrected chi connectivity index (χ2v) is 2.26. The minimum Gasteiger partial charge on any atom is -0.241 e. The van der Waals surface area contributed by atoms with Gasteiger partial charge in [-0.25, -0.2) is 9.32 Å². The first-order valence-electron chi connectivity index (χ1n) is 3.08. The van der Waals surface area contributed by atoms with Crippen LogP contribution in [0.15, 0.2) is 24.3 Å². The Hall–Kier alpha value is -0.950. The predicted molar refractivity (Wildman–Crippen MR) is 43.7 cm³/mol. The summed E-state index contributed by atoms with van der Waals surface area (Å²) < 4.78 is 14.1. The van der Waals surface area contributed by atoms with Crippen molar-refractivity contribution in [1.29, 1.82) is 0 Å². The quantitative estimate of drug-likeness (QED) is 0.371. The minimum absolute atomic E-state index is 0.452. The lowest BCUT2D eigenvalue weighted by Gasteiger charge is -1.88. The fraction of sp³-hybridized carbons (Fsp3) is 0.286. The number of hydrogen-bond acceptors (Lipinski definition) is 3. The molecule has 0 saturated heterocycles. The molecule has 0 rings (SSSR count). The van der Waals surface area contributed by atoms with Crippen molar-refractivity contribution in [2.24, 2.45) is 0 Å². The van der Waals surface area contributed by atoms with E-state index in [1.165, 1.54) is 0 Å². The third-order valence-corrected chi connectivity index (χ3v) is 1.32. The van der Waals surface area contributed by atoms with E-state index in [1.54, 1.807) is 19.1 Å². The van der Waals surface area contributed by atoms with Gasteiger partial charge < -0.3 is 0 Å². The molecule has 4 heteroatoms. The summed E-state index contributed by atoms with van der Waals surface area (Å²) in [5, 5.41) is 0. The summed E-state index contributed by atoms with van der Waals surface area (Å²) in [6.45, 7) is 5.08. The van der Waals surface area contributed by atoms with Crippen molar-refractivity contribution in [2.45, 2.75) is 13.3 Å². The third kappa shape index (κ3) is 4.45. The summed E-state index contributed by atoms with van der Waals surface area (Å²) in [4.78, 5) is 10.7. The van der Waals surface area contributed by atoms with E-state index in [4.69, 9.17) is 0 Å². The van der Waals surface area contributed by atoms with Crippen molar-refractivity contribution in [1.82, 2.24) is 0 Å². The molecule has 0 aromatic rings. The van der Waals surface area contributed by atoms with Crippen LogP contribution < -0.4 is 0 Å². The highest BCUT2D eigenvalue weighted by Gasteiger charge is 2.08. The average Bonchev–Trinajstić information content (AvgIpc) is 2.00. The van der Waals surface area contributed by atoms with Crippen LogP contribution in [0.2, 0.25) is 0 Å². The first-order valence-corrected chi connectivity index (χ1v) is 3.90. The van der Waals surface area contributed by atoms with Gasteiger partial charge in [0.2, 0.25) is 0 Å². The van der Waals surface area contributed by atoms with Crippen molar-refractivity contribution in [2.75, 3.05) is 0 Å². The molecule has 0 aliphatic carbocycles. The first-order chi connectivity index (χ1) is 5.22.